The number of rotatable bonds is 1. The lowest BCUT2D eigenvalue weighted by Crippen LogP contribution is -2.36. The largest absolute Gasteiger partial charge is 0.450 e. The van der Waals surface area contributed by atoms with Crippen LogP contribution in [0.25, 0.3) is 0 Å². The summed E-state index contributed by atoms with van der Waals surface area (Å²) < 4.78 is 18.0. The first-order valence-corrected chi connectivity index (χ1v) is 7.05. The highest BCUT2D eigenvalue weighted by atomic mass is 19.1. The molecule has 0 spiro atoms. The van der Waals surface area contributed by atoms with Gasteiger partial charge in [0.1, 0.15) is 5.82 Å². The maximum atomic E-state index is 13.0. The third-order valence-corrected chi connectivity index (χ3v) is 3.25. The monoisotopic (exact) mass is 287 g/mol. The molecule has 0 bridgehead atoms. The summed E-state index contributed by atoms with van der Waals surface area (Å²) in [6.45, 7) is 3.52. The summed E-state index contributed by atoms with van der Waals surface area (Å²) in [6, 6.07) is 6.23. The van der Waals surface area contributed by atoms with E-state index in [1.54, 1.807) is 24.0 Å². The number of carbonyl (C=O) groups is 1. The molecule has 0 unspecified atom stereocenters. The molecule has 0 aliphatic carbocycles. The van der Waals surface area contributed by atoms with Crippen molar-refractivity contribution in [3.8, 4) is 11.8 Å². The smallest absolute Gasteiger partial charge is 0.409 e. The average Bonchev–Trinajstić information content (AvgIpc) is 2.48. The molecule has 0 aromatic heterocycles. The molecule has 1 aliphatic heterocycles. The van der Waals surface area contributed by atoms with Gasteiger partial charge in [-0.1, -0.05) is 23.5 Å². The van der Waals surface area contributed by atoms with E-state index in [2.05, 4.69) is 11.8 Å². The Hall–Kier alpha value is -2.28. The van der Waals surface area contributed by atoms with E-state index in [1.807, 2.05) is 6.08 Å². The topological polar surface area (TPSA) is 29.5 Å². The summed E-state index contributed by atoms with van der Waals surface area (Å²) >= 11 is 0. The lowest BCUT2D eigenvalue weighted by atomic mass is 10.0. The number of ether oxygens (including phenoxy) is 1. The Morgan fingerprint density at radius 2 is 2.19 bits per heavy atom. The van der Waals surface area contributed by atoms with Crippen molar-refractivity contribution in [1.82, 2.24) is 4.90 Å². The molecule has 0 radical (unpaired) electrons. The molecule has 3 nitrogen and oxygen atoms in total. The fourth-order valence-electron chi connectivity index (χ4n) is 2.12. The standard InChI is InChI=1S/C17H18FNO2/c1-2-21-17(20)19-11-9-14(10-12-19)5-3-6-15-7-4-8-16(18)13-15/h4-5,7-8,13H,2,9-12H2,1H3. The van der Waals surface area contributed by atoms with Gasteiger partial charge in [0.2, 0.25) is 0 Å². The van der Waals surface area contributed by atoms with E-state index in [-0.39, 0.29) is 11.9 Å². The molecule has 1 aromatic carbocycles. The molecule has 1 aromatic rings. The van der Waals surface area contributed by atoms with Crippen molar-refractivity contribution in [2.75, 3.05) is 19.7 Å². The molecule has 1 saturated heterocycles. The lowest BCUT2D eigenvalue weighted by molar-refractivity contribution is 0.104. The van der Waals surface area contributed by atoms with Crippen LogP contribution < -0.4 is 0 Å². The van der Waals surface area contributed by atoms with E-state index in [0.29, 0.717) is 25.3 Å². The molecule has 110 valence electrons. The zero-order valence-corrected chi connectivity index (χ0v) is 12.1. The third kappa shape index (κ3) is 4.64. The van der Waals surface area contributed by atoms with Crippen LogP contribution in [0.3, 0.4) is 0 Å². The van der Waals surface area contributed by atoms with E-state index in [9.17, 15) is 9.18 Å². The minimum absolute atomic E-state index is 0.248. The Morgan fingerprint density at radius 1 is 1.43 bits per heavy atom. The second kappa shape index (κ2) is 7.49. The van der Waals surface area contributed by atoms with Crippen molar-refractivity contribution in [3.63, 3.8) is 0 Å². The molecular formula is C17H18FNO2. The number of nitrogens with zero attached hydrogens (tertiary/aromatic N) is 1. The van der Waals surface area contributed by atoms with Crippen LogP contribution in [-0.2, 0) is 4.74 Å². The summed E-state index contributed by atoms with van der Waals surface area (Å²) in [4.78, 5) is 13.3. The zero-order chi connectivity index (χ0) is 15.1. The van der Waals surface area contributed by atoms with Gasteiger partial charge in [0.15, 0.2) is 0 Å². The third-order valence-electron chi connectivity index (χ3n) is 3.25. The molecule has 0 atom stereocenters. The molecule has 1 amide bonds. The van der Waals surface area contributed by atoms with E-state index >= 15 is 0 Å². The van der Waals surface area contributed by atoms with Gasteiger partial charge in [-0.3, -0.25) is 0 Å². The summed E-state index contributed by atoms with van der Waals surface area (Å²) in [5.74, 6) is 5.59. The Kier molecular flexibility index (Phi) is 5.39. The van der Waals surface area contributed by atoms with Gasteiger partial charge >= 0.3 is 6.09 Å². The second-order valence-corrected chi connectivity index (χ2v) is 4.77. The summed E-state index contributed by atoms with van der Waals surface area (Å²) in [6.07, 6.45) is 3.23. The lowest BCUT2D eigenvalue weighted by Gasteiger charge is -2.27. The van der Waals surface area contributed by atoms with Crippen molar-refractivity contribution < 1.29 is 13.9 Å². The molecule has 1 fully saturated rings. The van der Waals surface area contributed by atoms with Crippen LogP contribution in [0.5, 0.6) is 0 Å². The number of allylic oxidation sites excluding steroid dienone is 1. The van der Waals surface area contributed by atoms with Crippen LogP contribution in [0.4, 0.5) is 9.18 Å². The van der Waals surface area contributed by atoms with Crippen molar-refractivity contribution in [2.24, 2.45) is 0 Å². The van der Waals surface area contributed by atoms with Gasteiger partial charge in [-0.2, -0.15) is 0 Å². The fraction of sp³-hybridized carbons (Fsp3) is 0.353. The Balaban J connectivity index is 1.89. The SMILES string of the molecule is CCOC(=O)N1CCC(=CC#Cc2cccc(F)c2)CC1. The maximum Gasteiger partial charge on any atom is 0.409 e. The predicted octanol–water partition coefficient (Wildman–Crippen LogP) is 3.36. The highest BCUT2D eigenvalue weighted by Crippen LogP contribution is 2.16. The van der Waals surface area contributed by atoms with Crippen molar-refractivity contribution >= 4 is 6.09 Å². The van der Waals surface area contributed by atoms with Crippen molar-refractivity contribution in [1.29, 1.82) is 0 Å². The highest BCUT2D eigenvalue weighted by Gasteiger charge is 2.19. The van der Waals surface area contributed by atoms with E-state index in [1.165, 1.54) is 17.7 Å². The van der Waals surface area contributed by atoms with Gasteiger partial charge < -0.3 is 9.64 Å². The van der Waals surface area contributed by atoms with E-state index < -0.39 is 0 Å². The van der Waals surface area contributed by atoms with Crippen LogP contribution in [0.1, 0.15) is 25.3 Å². The summed E-state index contributed by atoms with van der Waals surface area (Å²) in [5.41, 5.74) is 1.87. The van der Waals surface area contributed by atoms with Crippen LogP contribution in [0.2, 0.25) is 0 Å². The molecule has 2 rings (SSSR count). The van der Waals surface area contributed by atoms with Gasteiger partial charge in [-0.15, -0.1) is 0 Å². The Labute approximate surface area is 124 Å². The van der Waals surface area contributed by atoms with Crippen LogP contribution >= 0.6 is 0 Å². The molecule has 0 saturated carbocycles. The van der Waals surface area contributed by atoms with Gasteiger partial charge in [0.05, 0.1) is 6.61 Å². The Bertz CT molecular complexity index is 588. The normalized spacial score (nSPS) is 14.2. The van der Waals surface area contributed by atoms with Gasteiger partial charge in [0.25, 0.3) is 0 Å². The maximum absolute atomic E-state index is 13.0. The predicted molar refractivity (Wildman–Crippen MR) is 79.2 cm³/mol. The molecule has 1 heterocycles. The minimum Gasteiger partial charge on any atom is -0.450 e. The number of hydrogen-bond acceptors (Lipinski definition) is 2. The Morgan fingerprint density at radius 3 is 2.86 bits per heavy atom. The summed E-state index contributed by atoms with van der Waals surface area (Å²) in [7, 11) is 0. The van der Waals surface area contributed by atoms with Crippen molar-refractivity contribution in [2.45, 2.75) is 19.8 Å². The van der Waals surface area contributed by atoms with Gasteiger partial charge in [-0.25, -0.2) is 9.18 Å². The number of amides is 1. The number of carbonyl (C=O) groups excluding carboxylic acids is 1. The number of benzene rings is 1. The quantitative estimate of drug-likeness (QED) is 0.741. The summed E-state index contributed by atoms with van der Waals surface area (Å²) in [5, 5.41) is 0. The number of piperidine rings is 1. The van der Waals surface area contributed by atoms with E-state index in [0.717, 1.165) is 12.8 Å². The van der Waals surface area contributed by atoms with Crippen LogP contribution in [0, 0.1) is 17.7 Å². The van der Waals surface area contributed by atoms with Crippen LogP contribution in [-0.4, -0.2) is 30.7 Å². The molecule has 1 aliphatic rings. The van der Waals surface area contributed by atoms with E-state index in [4.69, 9.17) is 4.74 Å². The first-order chi connectivity index (χ1) is 10.2. The van der Waals surface area contributed by atoms with Gasteiger partial charge in [-0.05, 0) is 44.0 Å². The minimum atomic E-state index is -0.280. The molecule has 0 N–H and O–H groups in total. The number of halogens is 1. The highest BCUT2D eigenvalue weighted by molar-refractivity contribution is 5.67. The molecular weight excluding hydrogens is 269 g/mol. The average molecular weight is 287 g/mol. The van der Waals surface area contributed by atoms with Gasteiger partial charge in [0, 0.05) is 18.7 Å². The number of hydrogen-bond donors (Lipinski definition) is 0. The molecule has 4 heteroatoms. The second-order valence-electron chi connectivity index (χ2n) is 4.77. The van der Waals surface area contributed by atoms with Crippen LogP contribution in [0.15, 0.2) is 35.9 Å². The molecule has 21 heavy (non-hydrogen) atoms. The number of likely N-dealkylation sites (tertiary alicyclic amines) is 1. The zero-order valence-electron chi connectivity index (χ0n) is 12.1. The first-order valence-electron chi connectivity index (χ1n) is 7.05. The first kappa shape index (κ1) is 15.1. The fourth-order valence-corrected chi connectivity index (χ4v) is 2.12. The van der Waals surface area contributed by atoms with Crippen molar-refractivity contribution in [3.05, 3.63) is 47.3 Å².